The third-order valence-corrected chi connectivity index (χ3v) is 4.62. The minimum Gasteiger partial charge on any atom is -0.354 e. The summed E-state index contributed by atoms with van der Waals surface area (Å²) in [6.07, 6.45) is 3.35. The van der Waals surface area contributed by atoms with Crippen molar-refractivity contribution >= 4 is 29.1 Å². The number of anilines is 1. The van der Waals surface area contributed by atoms with Gasteiger partial charge in [0, 0.05) is 32.4 Å². The van der Waals surface area contributed by atoms with Crippen molar-refractivity contribution in [1.82, 2.24) is 34.7 Å². The monoisotopic (exact) mass is 346 g/mol. The average molecular weight is 347 g/mol. The zero-order valence-electron chi connectivity index (χ0n) is 13.0. The Balaban J connectivity index is 1.50. The van der Waals surface area contributed by atoms with Gasteiger partial charge in [0.15, 0.2) is 5.69 Å². The maximum absolute atomic E-state index is 12.6. The lowest BCUT2D eigenvalue weighted by molar-refractivity contribution is 0.0740. The first-order valence-corrected chi connectivity index (χ1v) is 7.92. The summed E-state index contributed by atoms with van der Waals surface area (Å²) in [4.78, 5) is 20.7. The normalized spacial score (nSPS) is 15.2. The van der Waals surface area contributed by atoms with Crippen molar-refractivity contribution in [1.29, 1.82) is 0 Å². The number of fused-ring (bicyclic) bond motifs is 1. The Hall–Kier alpha value is -2.68. The van der Waals surface area contributed by atoms with Gasteiger partial charge in [-0.05, 0) is 13.0 Å². The van der Waals surface area contributed by atoms with Crippen LogP contribution in [-0.4, -0.2) is 66.8 Å². The molecule has 1 saturated heterocycles. The van der Waals surface area contributed by atoms with Gasteiger partial charge in [-0.15, -0.1) is 10.2 Å². The number of nitrogens with zero attached hydrogens (tertiary/aromatic N) is 7. The van der Waals surface area contributed by atoms with Crippen LogP contribution in [0.5, 0.6) is 0 Å². The second-order valence-electron chi connectivity index (χ2n) is 5.59. The summed E-state index contributed by atoms with van der Waals surface area (Å²) >= 11 is 6.12. The molecule has 0 radical (unpaired) electrons. The number of aryl methyl sites for hydroxylation is 1. The summed E-state index contributed by atoms with van der Waals surface area (Å²) in [5.74, 6) is 1.38. The summed E-state index contributed by atoms with van der Waals surface area (Å²) in [5.41, 5.74) is 0.984. The van der Waals surface area contributed by atoms with E-state index in [0.717, 1.165) is 5.82 Å². The highest BCUT2D eigenvalue weighted by Gasteiger charge is 2.27. The number of amides is 1. The molecule has 3 aromatic heterocycles. The standard InChI is InChI=1S/C14H15ClN8O/c1-9-11(15)12(19-18-9)13(24)22-6-4-21(5-7-22)10-2-3-16-14-20-17-8-23(10)14/h2-3,8H,4-7H2,1H3,(H,18,19). The van der Waals surface area contributed by atoms with Gasteiger partial charge in [0.05, 0.1) is 10.7 Å². The van der Waals surface area contributed by atoms with Crippen molar-refractivity contribution in [2.24, 2.45) is 0 Å². The molecule has 1 fully saturated rings. The largest absolute Gasteiger partial charge is 0.354 e. The maximum Gasteiger partial charge on any atom is 0.276 e. The van der Waals surface area contributed by atoms with Gasteiger partial charge in [0.25, 0.3) is 11.7 Å². The van der Waals surface area contributed by atoms with Crippen LogP contribution in [0.2, 0.25) is 5.02 Å². The van der Waals surface area contributed by atoms with E-state index in [9.17, 15) is 4.79 Å². The Kier molecular flexibility index (Phi) is 3.57. The molecule has 1 aliphatic heterocycles. The lowest BCUT2D eigenvalue weighted by atomic mass is 10.2. The van der Waals surface area contributed by atoms with Crippen LogP contribution in [0.4, 0.5) is 5.82 Å². The van der Waals surface area contributed by atoms with Crippen LogP contribution in [-0.2, 0) is 0 Å². The summed E-state index contributed by atoms with van der Waals surface area (Å²) in [7, 11) is 0. The first kappa shape index (κ1) is 14.9. The third kappa shape index (κ3) is 2.37. The minimum absolute atomic E-state index is 0.145. The molecule has 0 aromatic carbocycles. The van der Waals surface area contributed by atoms with E-state index in [2.05, 4.69) is 30.3 Å². The van der Waals surface area contributed by atoms with E-state index in [1.165, 1.54) is 0 Å². The van der Waals surface area contributed by atoms with Crippen LogP contribution in [0.15, 0.2) is 18.6 Å². The number of aromatic nitrogens is 6. The van der Waals surface area contributed by atoms with Crippen LogP contribution in [0, 0.1) is 6.92 Å². The molecule has 1 aliphatic rings. The van der Waals surface area contributed by atoms with E-state index in [1.807, 2.05) is 10.5 Å². The first-order valence-electron chi connectivity index (χ1n) is 7.54. The Bertz CT molecular complexity index is 895. The van der Waals surface area contributed by atoms with Crippen LogP contribution in [0.1, 0.15) is 16.2 Å². The van der Waals surface area contributed by atoms with E-state index in [0.29, 0.717) is 42.7 Å². The lowest BCUT2D eigenvalue weighted by Gasteiger charge is -2.35. The number of piperazine rings is 1. The van der Waals surface area contributed by atoms with E-state index in [4.69, 9.17) is 11.6 Å². The van der Waals surface area contributed by atoms with Crippen LogP contribution >= 0.6 is 11.6 Å². The minimum atomic E-state index is -0.145. The molecule has 9 nitrogen and oxygen atoms in total. The van der Waals surface area contributed by atoms with Crippen LogP contribution in [0.25, 0.3) is 5.78 Å². The van der Waals surface area contributed by atoms with Crippen molar-refractivity contribution in [3.63, 3.8) is 0 Å². The number of nitrogens with one attached hydrogen (secondary N) is 1. The first-order chi connectivity index (χ1) is 11.6. The number of aromatic amines is 1. The molecular weight excluding hydrogens is 332 g/mol. The molecule has 0 atom stereocenters. The van der Waals surface area contributed by atoms with E-state index < -0.39 is 0 Å². The number of hydrogen-bond donors (Lipinski definition) is 1. The summed E-state index contributed by atoms with van der Waals surface area (Å²) in [6, 6.07) is 1.92. The molecule has 10 heteroatoms. The lowest BCUT2D eigenvalue weighted by Crippen LogP contribution is -2.49. The van der Waals surface area contributed by atoms with Crippen LogP contribution in [0.3, 0.4) is 0 Å². The van der Waals surface area contributed by atoms with E-state index in [1.54, 1.807) is 24.3 Å². The maximum atomic E-state index is 12.6. The number of rotatable bonds is 2. The van der Waals surface area contributed by atoms with Crippen LogP contribution < -0.4 is 4.90 Å². The van der Waals surface area contributed by atoms with Gasteiger partial charge >= 0.3 is 0 Å². The Morgan fingerprint density at radius 1 is 1.29 bits per heavy atom. The Labute approximate surface area is 142 Å². The molecular formula is C14H15ClN8O. The second-order valence-corrected chi connectivity index (χ2v) is 5.97. The zero-order valence-corrected chi connectivity index (χ0v) is 13.7. The molecule has 3 aromatic rings. The highest BCUT2D eigenvalue weighted by atomic mass is 35.5. The van der Waals surface area contributed by atoms with Crippen molar-refractivity contribution in [3.05, 3.63) is 35.0 Å². The van der Waals surface area contributed by atoms with Gasteiger partial charge in [-0.1, -0.05) is 11.6 Å². The fourth-order valence-corrected chi connectivity index (χ4v) is 3.00. The molecule has 0 saturated carbocycles. The molecule has 4 heterocycles. The molecule has 0 bridgehead atoms. The summed E-state index contributed by atoms with van der Waals surface area (Å²) in [5, 5.41) is 15.0. The fourth-order valence-electron chi connectivity index (χ4n) is 2.83. The highest BCUT2D eigenvalue weighted by Crippen LogP contribution is 2.21. The smallest absolute Gasteiger partial charge is 0.276 e. The molecule has 124 valence electrons. The predicted octanol–water partition coefficient (Wildman–Crippen LogP) is 0.772. The number of hydrogen-bond acceptors (Lipinski definition) is 6. The quantitative estimate of drug-likeness (QED) is 0.736. The van der Waals surface area contributed by atoms with Crippen molar-refractivity contribution in [3.8, 4) is 0 Å². The number of halogens is 1. The second kappa shape index (κ2) is 5.75. The molecule has 0 spiro atoms. The van der Waals surface area contributed by atoms with Gasteiger partial charge in [-0.2, -0.15) is 5.10 Å². The molecule has 1 amide bonds. The number of carbonyl (C=O) groups is 1. The molecule has 24 heavy (non-hydrogen) atoms. The third-order valence-electron chi connectivity index (χ3n) is 4.16. The average Bonchev–Trinajstić information content (AvgIpc) is 3.22. The van der Waals surface area contributed by atoms with E-state index >= 15 is 0 Å². The Morgan fingerprint density at radius 2 is 2.08 bits per heavy atom. The van der Waals surface area contributed by atoms with Gasteiger partial charge in [0.2, 0.25) is 0 Å². The van der Waals surface area contributed by atoms with Gasteiger partial charge in [-0.25, -0.2) is 4.98 Å². The van der Waals surface area contributed by atoms with Crippen molar-refractivity contribution in [2.45, 2.75) is 6.92 Å². The van der Waals surface area contributed by atoms with Gasteiger partial charge in [-0.3, -0.25) is 14.3 Å². The van der Waals surface area contributed by atoms with Gasteiger partial charge < -0.3 is 9.80 Å². The number of carbonyl (C=O) groups excluding carboxylic acids is 1. The highest BCUT2D eigenvalue weighted by molar-refractivity contribution is 6.34. The Morgan fingerprint density at radius 3 is 2.79 bits per heavy atom. The van der Waals surface area contributed by atoms with Crippen molar-refractivity contribution in [2.75, 3.05) is 31.1 Å². The summed E-state index contributed by atoms with van der Waals surface area (Å²) in [6.45, 7) is 4.37. The molecule has 4 rings (SSSR count). The molecule has 1 N–H and O–H groups in total. The molecule has 0 aliphatic carbocycles. The molecule has 0 unspecified atom stereocenters. The number of H-pyrrole nitrogens is 1. The van der Waals surface area contributed by atoms with Gasteiger partial charge in [0.1, 0.15) is 12.1 Å². The zero-order chi connectivity index (χ0) is 16.7. The van der Waals surface area contributed by atoms with E-state index in [-0.39, 0.29) is 11.6 Å². The SMILES string of the molecule is Cc1[nH]nc(C(=O)N2CCN(c3ccnc4nncn34)CC2)c1Cl. The van der Waals surface area contributed by atoms with Crippen molar-refractivity contribution < 1.29 is 4.79 Å². The topological polar surface area (TPSA) is 95.3 Å². The fraction of sp³-hybridized carbons (Fsp3) is 0.357. The summed E-state index contributed by atoms with van der Waals surface area (Å²) < 4.78 is 1.84. The predicted molar refractivity (Wildman–Crippen MR) is 87.2 cm³/mol.